The molecule has 3 aromatic rings. The van der Waals surface area contributed by atoms with Gasteiger partial charge < -0.3 is 4.90 Å². The number of amides is 1. The van der Waals surface area contributed by atoms with Crippen molar-refractivity contribution in [3.05, 3.63) is 65.2 Å². The lowest BCUT2D eigenvalue weighted by molar-refractivity contribution is -0.131. The second kappa shape index (κ2) is 7.02. The lowest BCUT2D eigenvalue weighted by Gasteiger charge is -2.25. The molecule has 2 aromatic heterocycles. The molecule has 1 aliphatic rings. The molecule has 0 aliphatic carbocycles. The predicted molar refractivity (Wildman–Crippen MR) is 104 cm³/mol. The third-order valence-corrected chi connectivity index (χ3v) is 5.53. The monoisotopic (exact) mass is 363 g/mol. The molecule has 6 nitrogen and oxygen atoms in total. The minimum Gasteiger partial charge on any atom is -0.335 e. The first-order chi connectivity index (χ1) is 13.0. The summed E-state index contributed by atoms with van der Waals surface area (Å²) in [4.78, 5) is 15.1. The van der Waals surface area contributed by atoms with Gasteiger partial charge in [0.25, 0.3) is 0 Å². The molecule has 27 heavy (non-hydrogen) atoms. The summed E-state index contributed by atoms with van der Waals surface area (Å²) in [6.45, 7) is 4.95. The highest BCUT2D eigenvalue weighted by Gasteiger charge is 2.33. The van der Waals surface area contributed by atoms with Crippen molar-refractivity contribution in [1.29, 1.82) is 0 Å². The summed E-state index contributed by atoms with van der Waals surface area (Å²) in [5.41, 5.74) is 5.43. The number of aromatic nitrogens is 4. The van der Waals surface area contributed by atoms with Gasteiger partial charge in [-0.2, -0.15) is 10.2 Å². The van der Waals surface area contributed by atoms with Crippen LogP contribution in [0.1, 0.15) is 41.4 Å². The molecule has 4 rings (SSSR count). The van der Waals surface area contributed by atoms with Crippen LogP contribution in [0.4, 0.5) is 0 Å². The minimum atomic E-state index is 0.148. The van der Waals surface area contributed by atoms with Gasteiger partial charge >= 0.3 is 0 Å². The Morgan fingerprint density at radius 1 is 1.22 bits per heavy atom. The number of likely N-dealkylation sites (tertiary alicyclic amines) is 1. The Kier molecular flexibility index (Phi) is 4.56. The predicted octanol–water partition coefficient (Wildman–Crippen LogP) is 3.13. The molecule has 1 saturated heterocycles. The lowest BCUT2D eigenvalue weighted by atomic mass is 10.0. The van der Waals surface area contributed by atoms with Crippen LogP contribution in [-0.4, -0.2) is 36.9 Å². The van der Waals surface area contributed by atoms with E-state index in [9.17, 15) is 4.79 Å². The van der Waals surface area contributed by atoms with Crippen molar-refractivity contribution in [2.45, 2.75) is 39.2 Å². The fourth-order valence-electron chi connectivity index (χ4n) is 4.10. The summed E-state index contributed by atoms with van der Waals surface area (Å²) in [6.07, 6.45) is 6.15. The van der Waals surface area contributed by atoms with Crippen molar-refractivity contribution < 1.29 is 4.79 Å². The molecule has 6 heteroatoms. The van der Waals surface area contributed by atoms with Crippen LogP contribution in [0.5, 0.6) is 0 Å². The molecule has 0 radical (unpaired) electrons. The molecule has 1 fully saturated rings. The first kappa shape index (κ1) is 17.5. The van der Waals surface area contributed by atoms with Crippen LogP contribution in [0.25, 0.3) is 5.69 Å². The summed E-state index contributed by atoms with van der Waals surface area (Å²) >= 11 is 0. The largest absolute Gasteiger partial charge is 0.335 e. The number of aryl methyl sites for hydroxylation is 2. The Balaban J connectivity index is 1.50. The Hall–Kier alpha value is -2.89. The van der Waals surface area contributed by atoms with Crippen LogP contribution in [0.2, 0.25) is 0 Å². The van der Waals surface area contributed by atoms with E-state index in [0.717, 1.165) is 42.0 Å². The molecule has 0 bridgehead atoms. The topological polar surface area (TPSA) is 56.0 Å². The molecule has 1 aliphatic heterocycles. The summed E-state index contributed by atoms with van der Waals surface area (Å²) in [5.74, 6) is 0.187. The first-order valence-electron chi connectivity index (χ1n) is 9.43. The van der Waals surface area contributed by atoms with Gasteiger partial charge in [-0.3, -0.25) is 9.48 Å². The maximum Gasteiger partial charge on any atom is 0.227 e. The maximum atomic E-state index is 13.0. The molecule has 0 N–H and O–H groups in total. The molecule has 1 unspecified atom stereocenters. The molecule has 140 valence electrons. The van der Waals surface area contributed by atoms with Crippen molar-refractivity contribution in [1.82, 2.24) is 24.5 Å². The van der Waals surface area contributed by atoms with Crippen LogP contribution in [-0.2, 0) is 18.3 Å². The zero-order valence-corrected chi connectivity index (χ0v) is 16.1. The Morgan fingerprint density at radius 3 is 2.63 bits per heavy atom. The summed E-state index contributed by atoms with van der Waals surface area (Å²) in [5, 5.41) is 8.77. The molecule has 0 spiro atoms. The van der Waals surface area contributed by atoms with Crippen LogP contribution in [0, 0.1) is 13.8 Å². The Bertz CT molecular complexity index is 940. The molecular formula is C21H25N5O. The van der Waals surface area contributed by atoms with E-state index in [2.05, 4.69) is 17.1 Å². The molecule has 0 saturated carbocycles. The highest BCUT2D eigenvalue weighted by Crippen LogP contribution is 2.35. The quantitative estimate of drug-likeness (QED) is 0.716. The Labute approximate surface area is 159 Å². The van der Waals surface area contributed by atoms with E-state index >= 15 is 0 Å². The fourth-order valence-corrected chi connectivity index (χ4v) is 4.10. The smallest absolute Gasteiger partial charge is 0.227 e. The zero-order chi connectivity index (χ0) is 19.0. The van der Waals surface area contributed by atoms with Gasteiger partial charge in [-0.1, -0.05) is 12.1 Å². The van der Waals surface area contributed by atoms with Crippen molar-refractivity contribution in [3.63, 3.8) is 0 Å². The lowest BCUT2D eigenvalue weighted by Crippen LogP contribution is -2.32. The average Bonchev–Trinajstić information content (AvgIpc) is 3.38. The summed E-state index contributed by atoms with van der Waals surface area (Å²) in [6, 6.07) is 10.1. The van der Waals surface area contributed by atoms with E-state index in [1.807, 2.05) is 64.8 Å². The van der Waals surface area contributed by atoms with E-state index < -0.39 is 0 Å². The van der Waals surface area contributed by atoms with E-state index in [0.29, 0.717) is 6.42 Å². The van der Waals surface area contributed by atoms with Crippen LogP contribution in [0.15, 0.2) is 42.7 Å². The normalized spacial score (nSPS) is 16.9. The average molecular weight is 363 g/mol. The molecule has 3 heterocycles. The van der Waals surface area contributed by atoms with Gasteiger partial charge in [0.05, 0.1) is 23.8 Å². The van der Waals surface area contributed by atoms with E-state index in [1.165, 1.54) is 5.56 Å². The van der Waals surface area contributed by atoms with E-state index in [-0.39, 0.29) is 11.9 Å². The van der Waals surface area contributed by atoms with Gasteiger partial charge in [-0.05, 0) is 50.5 Å². The van der Waals surface area contributed by atoms with Crippen LogP contribution in [0.3, 0.4) is 0 Å². The second-order valence-corrected chi connectivity index (χ2v) is 7.25. The molecule has 1 aromatic carbocycles. The molecule has 1 atom stereocenters. The first-order valence-corrected chi connectivity index (χ1v) is 9.43. The number of carbonyl (C=O) groups is 1. The number of carbonyl (C=O) groups excluding carboxylic acids is 1. The third kappa shape index (κ3) is 3.27. The van der Waals surface area contributed by atoms with Crippen molar-refractivity contribution in [2.75, 3.05) is 6.54 Å². The number of nitrogens with zero attached hydrogens (tertiary/aromatic N) is 5. The van der Waals surface area contributed by atoms with Crippen molar-refractivity contribution in [2.24, 2.45) is 7.05 Å². The number of hydrogen-bond donors (Lipinski definition) is 0. The number of rotatable bonds is 4. The second-order valence-electron chi connectivity index (χ2n) is 7.25. The van der Waals surface area contributed by atoms with Crippen LogP contribution < -0.4 is 0 Å². The summed E-state index contributed by atoms with van der Waals surface area (Å²) < 4.78 is 3.73. The zero-order valence-electron chi connectivity index (χ0n) is 16.1. The van der Waals surface area contributed by atoms with Crippen molar-refractivity contribution >= 4 is 5.91 Å². The molecular weight excluding hydrogens is 338 g/mol. The van der Waals surface area contributed by atoms with E-state index in [4.69, 9.17) is 0 Å². The minimum absolute atomic E-state index is 0.148. The third-order valence-electron chi connectivity index (χ3n) is 5.53. The van der Waals surface area contributed by atoms with Gasteiger partial charge in [0.1, 0.15) is 0 Å². The fraction of sp³-hybridized carbons (Fsp3) is 0.381. The number of hydrogen-bond acceptors (Lipinski definition) is 3. The summed E-state index contributed by atoms with van der Waals surface area (Å²) in [7, 11) is 1.97. The van der Waals surface area contributed by atoms with Gasteiger partial charge in [0, 0.05) is 37.2 Å². The SMILES string of the molecule is Cc1nn(C)c(C)c1C1CCCN1C(=O)Cc1ccc(-n2cccn2)cc1. The van der Waals surface area contributed by atoms with Gasteiger partial charge in [-0.25, -0.2) is 4.68 Å². The van der Waals surface area contributed by atoms with Crippen LogP contribution >= 0.6 is 0 Å². The van der Waals surface area contributed by atoms with Gasteiger partial charge in [0.15, 0.2) is 0 Å². The highest BCUT2D eigenvalue weighted by molar-refractivity contribution is 5.79. The molecule has 1 amide bonds. The standard InChI is InChI=1S/C21H25N5O/c1-15-21(16(2)24(3)23-15)19-6-4-12-25(19)20(27)14-17-7-9-18(10-8-17)26-13-5-11-22-26/h5,7-11,13,19H,4,6,12,14H2,1-3H3. The highest BCUT2D eigenvalue weighted by atomic mass is 16.2. The van der Waals surface area contributed by atoms with Gasteiger partial charge in [0.2, 0.25) is 5.91 Å². The van der Waals surface area contributed by atoms with E-state index in [1.54, 1.807) is 6.20 Å². The Morgan fingerprint density at radius 2 is 2.00 bits per heavy atom. The maximum absolute atomic E-state index is 13.0. The van der Waals surface area contributed by atoms with Crippen molar-refractivity contribution in [3.8, 4) is 5.69 Å². The van der Waals surface area contributed by atoms with Gasteiger partial charge in [-0.15, -0.1) is 0 Å². The number of benzene rings is 1.